The molecule has 7 heteroatoms. The van der Waals surface area contributed by atoms with Crippen molar-refractivity contribution in [1.29, 1.82) is 0 Å². The number of thioether (sulfide) groups is 1. The van der Waals surface area contributed by atoms with Crippen molar-refractivity contribution in [2.24, 2.45) is 0 Å². The van der Waals surface area contributed by atoms with E-state index in [-0.39, 0.29) is 11.6 Å². The number of para-hydroxylation sites is 2. The fourth-order valence-electron chi connectivity index (χ4n) is 4.00. The van der Waals surface area contributed by atoms with Crippen LogP contribution in [0.25, 0.3) is 11.0 Å². The molecule has 1 aromatic carbocycles. The van der Waals surface area contributed by atoms with Crippen LogP contribution in [0, 0.1) is 0 Å². The minimum Gasteiger partial charge on any atom is -0.350 e. The van der Waals surface area contributed by atoms with E-state index in [9.17, 15) is 4.79 Å². The molecule has 138 valence electrons. The lowest BCUT2D eigenvalue weighted by Crippen LogP contribution is -2.38. The third kappa shape index (κ3) is 3.20. The number of aryl methyl sites for hydroxylation is 1. The van der Waals surface area contributed by atoms with Crippen LogP contribution in [0.2, 0.25) is 0 Å². The van der Waals surface area contributed by atoms with Crippen LogP contribution >= 0.6 is 11.8 Å². The van der Waals surface area contributed by atoms with Crippen molar-refractivity contribution in [2.45, 2.75) is 37.6 Å². The Bertz CT molecular complexity index is 1050. The summed E-state index contributed by atoms with van der Waals surface area (Å²) in [4.78, 5) is 24.2. The second-order valence-corrected chi connectivity index (χ2v) is 8.25. The molecule has 1 saturated heterocycles. The molecule has 27 heavy (non-hydrogen) atoms. The van der Waals surface area contributed by atoms with Crippen molar-refractivity contribution in [3.8, 4) is 0 Å². The molecule has 0 N–H and O–H groups in total. The summed E-state index contributed by atoms with van der Waals surface area (Å²) in [6.45, 7) is 1.54. The van der Waals surface area contributed by atoms with Gasteiger partial charge in [-0.2, -0.15) is 16.9 Å². The minimum absolute atomic E-state index is 0.00713. The van der Waals surface area contributed by atoms with Gasteiger partial charge in [0.25, 0.3) is 5.56 Å². The second kappa shape index (κ2) is 6.96. The average Bonchev–Trinajstić information content (AvgIpc) is 3.16. The molecule has 0 aliphatic carbocycles. The van der Waals surface area contributed by atoms with Gasteiger partial charge in [-0.05, 0) is 36.3 Å². The van der Waals surface area contributed by atoms with Crippen LogP contribution in [-0.2, 0) is 18.7 Å². The van der Waals surface area contributed by atoms with Crippen LogP contribution in [-0.4, -0.2) is 38.1 Å². The lowest BCUT2D eigenvalue weighted by molar-refractivity contribution is 0.480. The Balaban J connectivity index is 1.43. The number of hydrogen-bond acceptors (Lipinski definition) is 6. The van der Waals surface area contributed by atoms with Crippen molar-refractivity contribution in [1.82, 2.24) is 19.7 Å². The summed E-state index contributed by atoms with van der Waals surface area (Å²) in [6.07, 6.45) is 4.93. The predicted octanol–water partition coefficient (Wildman–Crippen LogP) is 2.64. The van der Waals surface area contributed by atoms with Gasteiger partial charge < -0.3 is 4.90 Å². The molecular weight excluding hydrogens is 358 g/mol. The molecule has 0 spiro atoms. The molecule has 4 heterocycles. The zero-order valence-corrected chi connectivity index (χ0v) is 15.9. The van der Waals surface area contributed by atoms with Crippen LogP contribution in [0.1, 0.15) is 24.1 Å². The number of anilines is 1. The van der Waals surface area contributed by atoms with Crippen LogP contribution in [0.15, 0.2) is 41.3 Å². The Morgan fingerprint density at radius 1 is 1.22 bits per heavy atom. The summed E-state index contributed by atoms with van der Waals surface area (Å²) in [6, 6.07) is 9.93. The first kappa shape index (κ1) is 16.7. The van der Waals surface area contributed by atoms with Crippen molar-refractivity contribution >= 4 is 28.6 Å². The zero-order chi connectivity index (χ0) is 18.2. The van der Waals surface area contributed by atoms with E-state index in [2.05, 4.69) is 15.0 Å². The van der Waals surface area contributed by atoms with E-state index in [0.29, 0.717) is 6.54 Å². The van der Waals surface area contributed by atoms with Gasteiger partial charge in [-0.1, -0.05) is 12.1 Å². The third-order valence-electron chi connectivity index (χ3n) is 5.40. The van der Waals surface area contributed by atoms with Gasteiger partial charge in [0.15, 0.2) is 0 Å². The Kier molecular flexibility index (Phi) is 4.32. The molecule has 2 aliphatic rings. The summed E-state index contributed by atoms with van der Waals surface area (Å²) in [5.41, 5.74) is 4.01. The molecule has 0 bridgehead atoms. The monoisotopic (exact) mass is 379 g/mol. The fraction of sp³-hybridized carbons (Fsp3) is 0.400. The van der Waals surface area contributed by atoms with Crippen LogP contribution < -0.4 is 10.5 Å². The van der Waals surface area contributed by atoms with Gasteiger partial charge in [-0.3, -0.25) is 9.78 Å². The zero-order valence-electron chi connectivity index (χ0n) is 15.0. The van der Waals surface area contributed by atoms with Gasteiger partial charge in [0, 0.05) is 24.8 Å². The Morgan fingerprint density at radius 3 is 3.04 bits per heavy atom. The maximum atomic E-state index is 12.5. The number of hydrogen-bond donors (Lipinski definition) is 0. The van der Waals surface area contributed by atoms with Gasteiger partial charge in [0.1, 0.15) is 5.82 Å². The van der Waals surface area contributed by atoms with Crippen LogP contribution in [0.5, 0.6) is 0 Å². The Morgan fingerprint density at radius 2 is 2.11 bits per heavy atom. The van der Waals surface area contributed by atoms with Crippen molar-refractivity contribution in [2.75, 3.05) is 17.2 Å². The van der Waals surface area contributed by atoms with Gasteiger partial charge >= 0.3 is 0 Å². The first-order valence-corrected chi connectivity index (χ1v) is 10.6. The van der Waals surface area contributed by atoms with E-state index >= 15 is 0 Å². The Labute approximate surface area is 161 Å². The summed E-state index contributed by atoms with van der Waals surface area (Å²) in [5.74, 6) is 2.87. The molecule has 0 saturated carbocycles. The average molecular weight is 379 g/mol. The standard InChI is InChI=1S/C20H21N5OS/c26-20-10-14-13-27-9-7-16(14)23-25(20)12-15-4-3-8-24(15)19-11-21-17-5-1-2-6-18(17)22-19/h1-2,5-6,10-11,15H,3-4,7-9,12-13H2. The molecule has 1 fully saturated rings. The molecule has 5 rings (SSSR count). The van der Waals surface area contributed by atoms with Crippen LogP contribution in [0.3, 0.4) is 0 Å². The van der Waals surface area contributed by atoms with E-state index in [1.165, 1.54) is 0 Å². The van der Waals surface area contributed by atoms with Gasteiger partial charge in [-0.25, -0.2) is 9.67 Å². The highest BCUT2D eigenvalue weighted by Crippen LogP contribution is 2.26. The maximum Gasteiger partial charge on any atom is 0.267 e. The van der Waals surface area contributed by atoms with E-state index in [1.54, 1.807) is 10.7 Å². The lowest BCUT2D eigenvalue weighted by atomic mass is 10.2. The minimum atomic E-state index is 0.00713. The van der Waals surface area contributed by atoms with Gasteiger partial charge in [0.05, 0.1) is 35.5 Å². The number of fused-ring (bicyclic) bond motifs is 2. The molecule has 2 aliphatic heterocycles. The summed E-state index contributed by atoms with van der Waals surface area (Å²) < 4.78 is 1.66. The van der Waals surface area contributed by atoms with Crippen molar-refractivity contribution in [3.05, 3.63) is 58.1 Å². The normalized spacial score (nSPS) is 19.4. The fourth-order valence-corrected chi connectivity index (χ4v) is 4.95. The molecule has 1 unspecified atom stereocenters. The molecule has 0 radical (unpaired) electrons. The number of benzene rings is 1. The predicted molar refractivity (Wildman–Crippen MR) is 108 cm³/mol. The summed E-state index contributed by atoms with van der Waals surface area (Å²) in [5, 5.41) is 4.68. The van der Waals surface area contributed by atoms with Crippen molar-refractivity contribution < 1.29 is 0 Å². The molecule has 6 nitrogen and oxygen atoms in total. The van der Waals surface area contributed by atoms with E-state index < -0.39 is 0 Å². The first-order valence-electron chi connectivity index (χ1n) is 9.44. The van der Waals surface area contributed by atoms with Gasteiger partial charge in [-0.15, -0.1) is 0 Å². The second-order valence-electron chi connectivity index (χ2n) is 7.15. The third-order valence-corrected chi connectivity index (χ3v) is 6.40. The number of aromatic nitrogens is 4. The van der Waals surface area contributed by atoms with E-state index in [1.807, 2.05) is 42.2 Å². The summed E-state index contributed by atoms with van der Waals surface area (Å²) in [7, 11) is 0. The summed E-state index contributed by atoms with van der Waals surface area (Å²) >= 11 is 1.87. The number of nitrogens with zero attached hydrogens (tertiary/aromatic N) is 5. The molecule has 1 atom stereocenters. The molecule has 2 aromatic heterocycles. The molecule has 0 amide bonds. The SMILES string of the molecule is O=c1cc2c(nn1CC1CCCN1c1cnc3ccccc3n1)CCSC2. The lowest BCUT2D eigenvalue weighted by Gasteiger charge is -2.26. The highest BCUT2D eigenvalue weighted by Gasteiger charge is 2.27. The van der Waals surface area contributed by atoms with Gasteiger partial charge in [0.2, 0.25) is 0 Å². The smallest absolute Gasteiger partial charge is 0.267 e. The highest BCUT2D eigenvalue weighted by atomic mass is 32.2. The quantitative estimate of drug-likeness (QED) is 0.697. The maximum absolute atomic E-state index is 12.5. The topological polar surface area (TPSA) is 63.9 Å². The highest BCUT2D eigenvalue weighted by molar-refractivity contribution is 7.98. The van der Waals surface area contributed by atoms with E-state index in [0.717, 1.165) is 65.4 Å². The largest absolute Gasteiger partial charge is 0.350 e. The molecular formula is C20H21N5OS. The number of rotatable bonds is 3. The van der Waals surface area contributed by atoms with Crippen molar-refractivity contribution in [3.63, 3.8) is 0 Å². The first-order chi connectivity index (χ1) is 13.3. The van der Waals surface area contributed by atoms with Crippen LogP contribution in [0.4, 0.5) is 5.82 Å². The molecule has 3 aromatic rings. The Hall–Kier alpha value is -2.41. The van der Waals surface area contributed by atoms with E-state index in [4.69, 9.17) is 4.98 Å².